The Morgan fingerprint density at radius 1 is 1.00 bits per heavy atom. The van der Waals surface area contributed by atoms with Gasteiger partial charge in [0.15, 0.2) is 21.7 Å². The SMILES string of the molecule is COCCCCOC(=O)c1ccc(Sc2ccc(C(C)=O)o2)o1. The first-order chi connectivity index (χ1) is 11.1. The largest absolute Gasteiger partial charge is 0.460 e. The molecule has 0 aliphatic carbocycles. The van der Waals surface area contributed by atoms with Crippen molar-refractivity contribution in [3.05, 3.63) is 35.8 Å². The van der Waals surface area contributed by atoms with Crippen molar-refractivity contribution in [3.63, 3.8) is 0 Å². The van der Waals surface area contributed by atoms with Crippen molar-refractivity contribution in [2.75, 3.05) is 20.3 Å². The molecule has 0 saturated carbocycles. The van der Waals surface area contributed by atoms with E-state index in [0.29, 0.717) is 23.4 Å². The van der Waals surface area contributed by atoms with E-state index in [-0.39, 0.29) is 17.3 Å². The van der Waals surface area contributed by atoms with Crippen LogP contribution in [0.25, 0.3) is 0 Å². The van der Waals surface area contributed by atoms with Gasteiger partial charge < -0.3 is 18.3 Å². The molecule has 0 amide bonds. The number of hydrogen-bond donors (Lipinski definition) is 0. The highest BCUT2D eigenvalue weighted by Crippen LogP contribution is 2.31. The maximum atomic E-state index is 11.8. The van der Waals surface area contributed by atoms with Crippen LogP contribution in [0.3, 0.4) is 0 Å². The summed E-state index contributed by atoms with van der Waals surface area (Å²) in [6.45, 7) is 2.40. The molecule has 2 aromatic heterocycles. The molecular weight excluding hydrogens is 320 g/mol. The summed E-state index contributed by atoms with van der Waals surface area (Å²) < 4.78 is 20.8. The van der Waals surface area contributed by atoms with Gasteiger partial charge in [-0.3, -0.25) is 4.79 Å². The Kier molecular flexibility index (Phi) is 6.49. The number of furan rings is 2. The summed E-state index contributed by atoms with van der Waals surface area (Å²) >= 11 is 1.19. The number of rotatable bonds is 9. The van der Waals surface area contributed by atoms with E-state index in [2.05, 4.69) is 0 Å². The van der Waals surface area contributed by atoms with E-state index in [9.17, 15) is 9.59 Å². The number of carbonyl (C=O) groups is 2. The summed E-state index contributed by atoms with van der Waals surface area (Å²) in [6.07, 6.45) is 1.57. The zero-order chi connectivity index (χ0) is 16.7. The summed E-state index contributed by atoms with van der Waals surface area (Å²) in [6, 6.07) is 6.48. The topological polar surface area (TPSA) is 78.9 Å². The molecular formula is C16H18O6S. The molecule has 23 heavy (non-hydrogen) atoms. The van der Waals surface area contributed by atoms with E-state index in [4.69, 9.17) is 18.3 Å². The van der Waals surface area contributed by atoms with Gasteiger partial charge in [-0.25, -0.2) is 4.79 Å². The summed E-state index contributed by atoms with van der Waals surface area (Å²) in [4.78, 5) is 23.0. The molecule has 0 saturated heterocycles. The van der Waals surface area contributed by atoms with Crippen molar-refractivity contribution in [3.8, 4) is 0 Å². The maximum Gasteiger partial charge on any atom is 0.374 e. The van der Waals surface area contributed by atoms with Gasteiger partial charge in [-0.1, -0.05) is 0 Å². The van der Waals surface area contributed by atoms with E-state index >= 15 is 0 Å². The number of Topliss-reactive ketones (excluding diaryl/α,β-unsaturated/α-hetero) is 1. The Balaban J connectivity index is 1.84. The van der Waals surface area contributed by atoms with Gasteiger partial charge in [0.2, 0.25) is 5.76 Å². The second-order valence-electron chi connectivity index (χ2n) is 4.73. The molecule has 2 heterocycles. The minimum absolute atomic E-state index is 0.137. The molecule has 0 fully saturated rings. The quantitative estimate of drug-likeness (QED) is 0.391. The molecule has 0 radical (unpaired) electrons. The molecule has 0 aliphatic rings. The molecule has 124 valence electrons. The summed E-state index contributed by atoms with van der Waals surface area (Å²) in [7, 11) is 1.63. The number of methoxy groups -OCH3 is 1. The third-order valence-corrected chi connectivity index (χ3v) is 3.73. The van der Waals surface area contributed by atoms with Crippen LogP contribution in [0.1, 0.15) is 40.9 Å². The van der Waals surface area contributed by atoms with Crippen LogP contribution in [0.5, 0.6) is 0 Å². The lowest BCUT2D eigenvalue weighted by Gasteiger charge is -2.02. The standard InChI is InChI=1S/C16H18O6S/c1-11(17)12-5-7-14(21-12)23-15-8-6-13(22-15)16(18)20-10-4-3-9-19-2/h5-8H,3-4,9-10H2,1-2H3. The molecule has 0 aliphatic heterocycles. The highest BCUT2D eigenvalue weighted by molar-refractivity contribution is 7.99. The van der Waals surface area contributed by atoms with Crippen molar-refractivity contribution in [1.82, 2.24) is 0 Å². The van der Waals surface area contributed by atoms with Gasteiger partial charge in [-0.2, -0.15) is 0 Å². The molecule has 0 spiro atoms. The number of unbranched alkanes of at least 4 members (excludes halogenated alkanes) is 1. The third-order valence-electron chi connectivity index (χ3n) is 2.89. The summed E-state index contributed by atoms with van der Waals surface area (Å²) in [5.74, 6) is -0.223. The molecule has 0 atom stereocenters. The summed E-state index contributed by atoms with van der Waals surface area (Å²) in [5, 5.41) is 1.00. The monoisotopic (exact) mass is 338 g/mol. The molecule has 0 unspecified atom stereocenters. The van der Waals surface area contributed by atoms with Gasteiger partial charge in [-0.05, 0) is 48.9 Å². The average Bonchev–Trinajstić information content (AvgIpc) is 3.17. The Labute approximate surface area is 138 Å². The smallest absolute Gasteiger partial charge is 0.374 e. The fourth-order valence-corrected chi connectivity index (χ4v) is 2.47. The first-order valence-corrected chi connectivity index (χ1v) is 7.96. The second kappa shape index (κ2) is 8.59. The van der Waals surface area contributed by atoms with Crippen LogP contribution in [-0.2, 0) is 9.47 Å². The summed E-state index contributed by atoms with van der Waals surface area (Å²) in [5.41, 5.74) is 0. The predicted molar refractivity (Wildman–Crippen MR) is 82.9 cm³/mol. The highest BCUT2D eigenvalue weighted by atomic mass is 32.2. The molecule has 0 bridgehead atoms. The number of carbonyl (C=O) groups excluding carboxylic acids is 2. The normalized spacial score (nSPS) is 10.7. The number of esters is 1. The van der Waals surface area contributed by atoms with Crippen LogP contribution >= 0.6 is 11.8 Å². The van der Waals surface area contributed by atoms with E-state index in [1.54, 1.807) is 31.4 Å². The van der Waals surface area contributed by atoms with Gasteiger partial charge in [0.25, 0.3) is 0 Å². The highest BCUT2D eigenvalue weighted by Gasteiger charge is 2.15. The van der Waals surface area contributed by atoms with Crippen molar-refractivity contribution in [2.45, 2.75) is 29.9 Å². The van der Waals surface area contributed by atoms with Crippen LogP contribution < -0.4 is 0 Å². The molecule has 2 aromatic rings. The van der Waals surface area contributed by atoms with Crippen molar-refractivity contribution < 1.29 is 27.9 Å². The lowest BCUT2D eigenvalue weighted by atomic mass is 10.3. The van der Waals surface area contributed by atoms with Crippen LogP contribution in [0.15, 0.2) is 43.3 Å². The first-order valence-electron chi connectivity index (χ1n) is 7.14. The van der Waals surface area contributed by atoms with Crippen LogP contribution in [0, 0.1) is 0 Å². The average molecular weight is 338 g/mol. The maximum absolute atomic E-state index is 11.8. The molecule has 7 heteroatoms. The van der Waals surface area contributed by atoms with Crippen molar-refractivity contribution in [2.24, 2.45) is 0 Å². The Morgan fingerprint density at radius 2 is 1.61 bits per heavy atom. The number of ketones is 1. The van der Waals surface area contributed by atoms with E-state index in [1.807, 2.05) is 0 Å². The molecule has 6 nitrogen and oxygen atoms in total. The molecule has 0 aromatic carbocycles. The van der Waals surface area contributed by atoms with E-state index in [1.165, 1.54) is 18.7 Å². The second-order valence-corrected chi connectivity index (χ2v) is 5.74. The zero-order valence-electron chi connectivity index (χ0n) is 13.0. The fourth-order valence-electron chi connectivity index (χ4n) is 1.73. The van der Waals surface area contributed by atoms with Crippen LogP contribution in [0.2, 0.25) is 0 Å². The van der Waals surface area contributed by atoms with E-state index in [0.717, 1.165) is 12.8 Å². The van der Waals surface area contributed by atoms with Gasteiger partial charge >= 0.3 is 5.97 Å². The lowest BCUT2D eigenvalue weighted by molar-refractivity contribution is 0.0447. The van der Waals surface area contributed by atoms with Gasteiger partial charge in [0, 0.05) is 20.6 Å². The Bertz CT molecular complexity index is 657. The van der Waals surface area contributed by atoms with Gasteiger partial charge in [0.05, 0.1) is 6.61 Å². The van der Waals surface area contributed by atoms with Crippen LogP contribution in [-0.4, -0.2) is 32.1 Å². The van der Waals surface area contributed by atoms with Gasteiger partial charge in [-0.15, -0.1) is 0 Å². The Morgan fingerprint density at radius 3 is 2.22 bits per heavy atom. The van der Waals surface area contributed by atoms with E-state index < -0.39 is 5.97 Å². The predicted octanol–water partition coefficient (Wildman–Crippen LogP) is 3.81. The fraction of sp³-hybridized carbons (Fsp3) is 0.375. The third kappa shape index (κ3) is 5.30. The first kappa shape index (κ1) is 17.4. The van der Waals surface area contributed by atoms with Gasteiger partial charge in [0.1, 0.15) is 0 Å². The molecule has 2 rings (SSSR count). The minimum Gasteiger partial charge on any atom is -0.460 e. The number of hydrogen-bond acceptors (Lipinski definition) is 7. The zero-order valence-corrected chi connectivity index (χ0v) is 13.8. The van der Waals surface area contributed by atoms with Crippen molar-refractivity contribution >= 4 is 23.5 Å². The lowest BCUT2D eigenvalue weighted by Crippen LogP contribution is -2.05. The van der Waals surface area contributed by atoms with Crippen molar-refractivity contribution in [1.29, 1.82) is 0 Å². The van der Waals surface area contributed by atoms with Crippen LogP contribution in [0.4, 0.5) is 0 Å². The number of ether oxygens (including phenoxy) is 2. The molecule has 0 N–H and O–H groups in total. The minimum atomic E-state index is -0.502. The Hall–Kier alpha value is -1.99.